The van der Waals surface area contributed by atoms with E-state index < -0.39 is 0 Å². The maximum atomic E-state index is 4.25. The molecule has 1 atom stereocenters. The van der Waals surface area contributed by atoms with Crippen LogP contribution in [0.1, 0.15) is 41.0 Å². The number of hydrogen-bond acceptors (Lipinski definition) is 3. The Kier molecular flexibility index (Phi) is 4.85. The Hall–Kier alpha value is -1.74. The molecular formula is C17H23N3. The van der Waals surface area contributed by atoms with E-state index in [2.05, 4.69) is 59.7 Å². The molecule has 2 rings (SSSR count). The van der Waals surface area contributed by atoms with E-state index in [9.17, 15) is 0 Å². The highest BCUT2D eigenvalue weighted by Crippen LogP contribution is 2.21. The van der Waals surface area contributed by atoms with Crippen LogP contribution >= 0.6 is 0 Å². The van der Waals surface area contributed by atoms with Gasteiger partial charge in [-0.25, -0.2) is 0 Å². The minimum Gasteiger partial charge on any atom is -0.310 e. The summed E-state index contributed by atoms with van der Waals surface area (Å²) in [6, 6.07) is 11.2. The molecule has 3 heteroatoms. The van der Waals surface area contributed by atoms with Crippen LogP contribution in [0.4, 0.5) is 0 Å². The SMILES string of the molecule is CCNC(Cc1ccc(C)cc1)c1cc(C)nnc1C. The van der Waals surface area contributed by atoms with Gasteiger partial charge in [0, 0.05) is 6.04 Å². The fraction of sp³-hybridized carbons (Fsp3) is 0.412. The molecule has 1 unspecified atom stereocenters. The molecule has 0 fully saturated rings. The molecule has 2 aromatic rings. The van der Waals surface area contributed by atoms with Crippen LogP contribution in [0.15, 0.2) is 30.3 Å². The third-order valence-corrected chi connectivity index (χ3v) is 3.53. The number of rotatable bonds is 5. The highest BCUT2D eigenvalue weighted by atomic mass is 15.1. The Morgan fingerprint density at radius 2 is 1.75 bits per heavy atom. The molecule has 106 valence electrons. The molecule has 1 N–H and O–H groups in total. The zero-order valence-corrected chi connectivity index (χ0v) is 12.8. The molecule has 0 radical (unpaired) electrons. The molecule has 0 aliphatic carbocycles. The maximum Gasteiger partial charge on any atom is 0.0648 e. The second kappa shape index (κ2) is 6.62. The van der Waals surface area contributed by atoms with Crippen LogP contribution in [0, 0.1) is 20.8 Å². The largest absolute Gasteiger partial charge is 0.310 e. The summed E-state index contributed by atoms with van der Waals surface area (Å²) in [5.74, 6) is 0. The number of benzene rings is 1. The Balaban J connectivity index is 2.26. The van der Waals surface area contributed by atoms with Crippen LogP contribution in [0.5, 0.6) is 0 Å². The van der Waals surface area contributed by atoms with E-state index >= 15 is 0 Å². The van der Waals surface area contributed by atoms with Gasteiger partial charge in [-0.1, -0.05) is 36.8 Å². The molecule has 0 amide bonds. The predicted molar refractivity (Wildman–Crippen MR) is 82.8 cm³/mol. The van der Waals surface area contributed by atoms with E-state index in [1.54, 1.807) is 0 Å². The van der Waals surface area contributed by atoms with Crippen molar-refractivity contribution in [2.75, 3.05) is 6.54 Å². The van der Waals surface area contributed by atoms with Crippen LogP contribution in [-0.2, 0) is 6.42 Å². The molecule has 0 saturated carbocycles. The molecule has 0 bridgehead atoms. The molecule has 1 aromatic heterocycles. The zero-order valence-electron chi connectivity index (χ0n) is 12.8. The van der Waals surface area contributed by atoms with Gasteiger partial charge in [0.25, 0.3) is 0 Å². The third-order valence-electron chi connectivity index (χ3n) is 3.53. The van der Waals surface area contributed by atoms with Crippen molar-refractivity contribution in [2.24, 2.45) is 0 Å². The van der Waals surface area contributed by atoms with Gasteiger partial charge in [-0.15, -0.1) is 0 Å². The van der Waals surface area contributed by atoms with Crippen LogP contribution in [0.25, 0.3) is 0 Å². The van der Waals surface area contributed by atoms with E-state index in [0.717, 1.165) is 24.4 Å². The number of nitrogens with one attached hydrogen (secondary N) is 1. The highest BCUT2D eigenvalue weighted by Gasteiger charge is 2.15. The van der Waals surface area contributed by atoms with Gasteiger partial charge in [0.2, 0.25) is 0 Å². The van der Waals surface area contributed by atoms with Crippen LogP contribution in [0.3, 0.4) is 0 Å². The number of likely N-dealkylation sites (N-methyl/N-ethyl adjacent to an activating group) is 1. The van der Waals surface area contributed by atoms with Gasteiger partial charge in [-0.05, 0) is 50.9 Å². The first kappa shape index (κ1) is 14.7. The summed E-state index contributed by atoms with van der Waals surface area (Å²) in [7, 11) is 0. The summed E-state index contributed by atoms with van der Waals surface area (Å²) in [5, 5.41) is 11.9. The first-order chi connectivity index (χ1) is 9.60. The minimum atomic E-state index is 0.289. The molecule has 0 aliphatic heterocycles. The van der Waals surface area contributed by atoms with Crippen molar-refractivity contribution in [1.29, 1.82) is 0 Å². The number of nitrogens with zero attached hydrogens (tertiary/aromatic N) is 2. The quantitative estimate of drug-likeness (QED) is 0.905. The Morgan fingerprint density at radius 1 is 1.05 bits per heavy atom. The first-order valence-electron chi connectivity index (χ1n) is 7.20. The van der Waals surface area contributed by atoms with Gasteiger partial charge >= 0.3 is 0 Å². The highest BCUT2D eigenvalue weighted by molar-refractivity contribution is 5.28. The minimum absolute atomic E-state index is 0.289. The first-order valence-corrected chi connectivity index (χ1v) is 7.20. The van der Waals surface area contributed by atoms with Gasteiger partial charge in [0.05, 0.1) is 11.4 Å². The Morgan fingerprint density at radius 3 is 2.40 bits per heavy atom. The van der Waals surface area contributed by atoms with Gasteiger partial charge in [-0.2, -0.15) is 10.2 Å². The average molecular weight is 269 g/mol. The fourth-order valence-electron chi connectivity index (χ4n) is 2.42. The normalized spacial score (nSPS) is 12.4. The van der Waals surface area contributed by atoms with E-state index in [4.69, 9.17) is 0 Å². The smallest absolute Gasteiger partial charge is 0.0648 e. The van der Waals surface area contributed by atoms with E-state index in [-0.39, 0.29) is 6.04 Å². The summed E-state index contributed by atoms with van der Waals surface area (Å²) in [4.78, 5) is 0. The second-order valence-corrected chi connectivity index (χ2v) is 5.33. The monoisotopic (exact) mass is 269 g/mol. The summed E-state index contributed by atoms with van der Waals surface area (Å²) in [6.07, 6.45) is 0.972. The second-order valence-electron chi connectivity index (χ2n) is 5.33. The Labute approximate surface area is 121 Å². The van der Waals surface area contributed by atoms with E-state index in [0.29, 0.717) is 0 Å². The standard InChI is InChI=1S/C17H23N3/c1-5-18-17(11-15-8-6-12(2)7-9-15)16-10-13(3)19-20-14(16)4/h6-10,17-18H,5,11H2,1-4H3. The summed E-state index contributed by atoms with van der Waals surface area (Å²) < 4.78 is 0. The van der Waals surface area contributed by atoms with E-state index in [1.807, 2.05) is 13.8 Å². The zero-order chi connectivity index (χ0) is 14.5. The average Bonchev–Trinajstić information content (AvgIpc) is 2.43. The molecule has 1 heterocycles. The lowest BCUT2D eigenvalue weighted by molar-refractivity contribution is 0.542. The fourth-order valence-corrected chi connectivity index (χ4v) is 2.42. The topological polar surface area (TPSA) is 37.8 Å². The maximum absolute atomic E-state index is 4.25. The summed E-state index contributed by atoms with van der Waals surface area (Å²) >= 11 is 0. The van der Waals surface area contributed by atoms with Crippen molar-refractivity contribution in [3.05, 3.63) is 58.4 Å². The molecule has 0 spiro atoms. The molecule has 0 aliphatic rings. The number of aryl methyl sites for hydroxylation is 3. The van der Waals surface area contributed by atoms with Gasteiger partial charge in [0.15, 0.2) is 0 Å². The molecule has 1 aromatic carbocycles. The van der Waals surface area contributed by atoms with E-state index in [1.165, 1.54) is 16.7 Å². The predicted octanol–water partition coefficient (Wildman–Crippen LogP) is 3.30. The Bertz CT molecular complexity index is 561. The third kappa shape index (κ3) is 3.64. The lowest BCUT2D eigenvalue weighted by Crippen LogP contribution is -2.24. The van der Waals surface area contributed by atoms with Crippen molar-refractivity contribution in [3.63, 3.8) is 0 Å². The molecule has 20 heavy (non-hydrogen) atoms. The lowest BCUT2D eigenvalue weighted by atomic mass is 9.97. The van der Waals surface area contributed by atoms with Crippen LogP contribution in [0.2, 0.25) is 0 Å². The summed E-state index contributed by atoms with van der Waals surface area (Å²) in [5.41, 5.74) is 5.87. The van der Waals surface area contributed by atoms with Gasteiger partial charge in [0.1, 0.15) is 0 Å². The van der Waals surface area contributed by atoms with Gasteiger partial charge in [-0.3, -0.25) is 0 Å². The molecule has 0 saturated heterocycles. The molecule has 3 nitrogen and oxygen atoms in total. The van der Waals surface area contributed by atoms with Gasteiger partial charge < -0.3 is 5.32 Å². The lowest BCUT2D eigenvalue weighted by Gasteiger charge is -2.20. The van der Waals surface area contributed by atoms with Crippen molar-refractivity contribution < 1.29 is 0 Å². The van der Waals surface area contributed by atoms with Crippen molar-refractivity contribution in [3.8, 4) is 0 Å². The van der Waals surface area contributed by atoms with Crippen molar-refractivity contribution >= 4 is 0 Å². The molecular weight excluding hydrogens is 246 g/mol. The van der Waals surface area contributed by atoms with Crippen molar-refractivity contribution in [2.45, 2.75) is 40.2 Å². The number of hydrogen-bond donors (Lipinski definition) is 1. The van der Waals surface area contributed by atoms with Crippen LogP contribution < -0.4 is 5.32 Å². The number of aromatic nitrogens is 2. The van der Waals surface area contributed by atoms with Crippen molar-refractivity contribution in [1.82, 2.24) is 15.5 Å². The van der Waals surface area contributed by atoms with Crippen LogP contribution in [-0.4, -0.2) is 16.7 Å². The summed E-state index contributed by atoms with van der Waals surface area (Å²) in [6.45, 7) is 9.22.